The van der Waals surface area contributed by atoms with Crippen LogP contribution in [0.5, 0.6) is 11.5 Å². The molecule has 152 valence electrons. The van der Waals surface area contributed by atoms with Gasteiger partial charge < -0.3 is 19.1 Å². The highest BCUT2D eigenvalue weighted by molar-refractivity contribution is 5.98. The van der Waals surface area contributed by atoms with Crippen LogP contribution in [-0.4, -0.2) is 39.6 Å². The average molecular weight is 395 g/mol. The van der Waals surface area contributed by atoms with E-state index in [9.17, 15) is 9.59 Å². The van der Waals surface area contributed by atoms with Gasteiger partial charge in [0.2, 0.25) is 0 Å². The van der Waals surface area contributed by atoms with E-state index >= 15 is 0 Å². The maximum atomic E-state index is 12.6. The van der Waals surface area contributed by atoms with Crippen LogP contribution in [0, 0.1) is 0 Å². The number of fused-ring (bicyclic) bond motifs is 1. The van der Waals surface area contributed by atoms with Crippen molar-refractivity contribution < 1.29 is 23.8 Å². The molecule has 0 unspecified atom stereocenters. The first-order chi connectivity index (χ1) is 13.8. The first kappa shape index (κ1) is 20.5. The van der Waals surface area contributed by atoms with Gasteiger partial charge in [-0.1, -0.05) is 38.1 Å². The van der Waals surface area contributed by atoms with Crippen LogP contribution < -0.4 is 14.4 Å². The van der Waals surface area contributed by atoms with E-state index < -0.39 is 5.97 Å². The Balaban J connectivity index is 1.75. The molecule has 1 heterocycles. The summed E-state index contributed by atoms with van der Waals surface area (Å²) in [6, 6.07) is 13.0. The zero-order chi connectivity index (χ0) is 21.2. The number of methoxy groups -OCH3 is 2. The Hall–Kier alpha value is -3.28. The third-order valence-electron chi connectivity index (χ3n) is 5.21. The zero-order valence-corrected chi connectivity index (χ0v) is 17.3. The molecule has 1 aliphatic rings. The van der Waals surface area contributed by atoms with Gasteiger partial charge in [-0.3, -0.25) is 4.79 Å². The first-order valence-corrected chi connectivity index (χ1v) is 9.27. The lowest BCUT2D eigenvalue weighted by Crippen LogP contribution is -2.25. The largest absolute Gasteiger partial charge is 0.493 e. The smallest absolute Gasteiger partial charge is 0.342 e. The molecule has 0 amide bonds. The van der Waals surface area contributed by atoms with Crippen molar-refractivity contribution >= 4 is 17.4 Å². The third kappa shape index (κ3) is 3.70. The summed E-state index contributed by atoms with van der Waals surface area (Å²) in [6.45, 7) is 3.78. The third-order valence-corrected chi connectivity index (χ3v) is 5.21. The van der Waals surface area contributed by atoms with Crippen LogP contribution in [0.2, 0.25) is 0 Å². The second kappa shape index (κ2) is 7.99. The number of rotatable bonds is 6. The minimum Gasteiger partial charge on any atom is -0.493 e. The van der Waals surface area contributed by atoms with Crippen LogP contribution in [0.15, 0.2) is 54.2 Å². The van der Waals surface area contributed by atoms with Crippen LogP contribution in [0.4, 0.5) is 5.69 Å². The predicted octanol–water partition coefficient (Wildman–Crippen LogP) is 3.74. The molecule has 0 saturated heterocycles. The Labute approximate surface area is 170 Å². The van der Waals surface area contributed by atoms with Crippen LogP contribution in [-0.2, 0) is 14.9 Å². The molecule has 0 atom stereocenters. The van der Waals surface area contributed by atoms with Gasteiger partial charge in [-0.15, -0.1) is 0 Å². The lowest BCUT2D eigenvalue weighted by molar-refractivity contribution is -0.117. The van der Waals surface area contributed by atoms with E-state index in [1.807, 2.05) is 30.1 Å². The van der Waals surface area contributed by atoms with E-state index in [0.717, 1.165) is 16.9 Å². The van der Waals surface area contributed by atoms with Gasteiger partial charge in [-0.25, -0.2) is 4.79 Å². The number of ketones is 1. The van der Waals surface area contributed by atoms with Gasteiger partial charge in [0.25, 0.3) is 0 Å². The van der Waals surface area contributed by atoms with Crippen molar-refractivity contribution in [1.29, 1.82) is 0 Å². The fourth-order valence-corrected chi connectivity index (χ4v) is 3.72. The molecule has 0 bridgehead atoms. The summed E-state index contributed by atoms with van der Waals surface area (Å²) in [5, 5.41) is 0. The molecule has 0 saturated carbocycles. The molecule has 6 nitrogen and oxygen atoms in total. The molecular weight excluding hydrogens is 370 g/mol. The standard InChI is InChI=1S/C23H25NO5/c1-23(2)17-10-6-7-11-18(17)24(3)20(23)13-15(25)14-29-22(26)16-9-8-12-19(27-4)21(16)28-5/h6-13H,14H2,1-5H3. The molecule has 0 aliphatic carbocycles. The van der Waals surface area contributed by atoms with Crippen molar-refractivity contribution in [2.75, 3.05) is 32.8 Å². The second-order valence-electron chi connectivity index (χ2n) is 7.31. The van der Waals surface area contributed by atoms with Gasteiger partial charge in [0.05, 0.1) is 14.2 Å². The molecule has 0 radical (unpaired) electrons. The lowest BCUT2D eigenvalue weighted by Gasteiger charge is -2.23. The second-order valence-corrected chi connectivity index (χ2v) is 7.31. The molecule has 2 aromatic rings. The first-order valence-electron chi connectivity index (χ1n) is 9.27. The number of likely N-dealkylation sites (N-methyl/N-ethyl adjacent to an activating group) is 1. The number of allylic oxidation sites excluding steroid dienone is 1. The number of benzene rings is 2. The highest BCUT2D eigenvalue weighted by Crippen LogP contribution is 2.46. The number of ether oxygens (including phenoxy) is 3. The summed E-state index contributed by atoms with van der Waals surface area (Å²) in [5.41, 5.74) is 2.96. The quantitative estimate of drug-likeness (QED) is 0.548. The highest BCUT2D eigenvalue weighted by Gasteiger charge is 2.38. The van der Waals surface area contributed by atoms with Gasteiger partial charge in [0, 0.05) is 29.9 Å². The Kier molecular flexibility index (Phi) is 5.64. The summed E-state index contributed by atoms with van der Waals surface area (Å²) in [5.74, 6) is -0.238. The summed E-state index contributed by atoms with van der Waals surface area (Å²) < 4.78 is 15.7. The van der Waals surface area contributed by atoms with Crippen molar-refractivity contribution in [3.05, 3.63) is 65.4 Å². The van der Waals surface area contributed by atoms with Gasteiger partial charge in [-0.2, -0.15) is 0 Å². The molecule has 29 heavy (non-hydrogen) atoms. The Morgan fingerprint density at radius 2 is 1.76 bits per heavy atom. The molecule has 0 fully saturated rings. The molecule has 0 aromatic heterocycles. The van der Waals surface area contributed by atoms with Gasteiger partial charge in [-0.05, 0) is 23.8 Å². The monoisotopic (exact) mass is 395 g/mol. The summed E-state index contributed by atoms with van der Waals surface area (Å²) >= 11 is 0. The highest BCUT2D eigenvalue weighted by atomic mass is 16.5. The zero-order valence-electron chi connectivity index (χ0n) is 17.3. The lowest BCUT2D eigenvalue weighted by atomic mass is 9.83. The van der Waals surface area contributed by atoms with Crippen LogP contribution in [0.25, 0.3) is 0 Å². The topological polar surface area (TPSA) is 65.1 Å². The van der Waals surface area contributed by atoms with E-state index in [1.54, 1.807) is 24.3 Å². The van der Waals surface area contributed by atoms with Crippen LogP contribution in [0.1, 0.15) is 29.8 Å². The molecule has 3 rings (SSSR count). The maximum absolute atomic E-state index is 12.6. The molecule has 1 aliphatic heterocycles. The SMILES string of the molecule is COc1cccc(C(=O)OCC(=O)C=C2N(C)c3ccccc3C2(C)C)c1OC. The van der Waals surface area contributed by atoms with E-state index in [-0.39, 0.29) is 29.1 Å². The van der Waals surface area contributed by atoms with Gasteiger partial charge >= 0.3 is 5.97 Å². The minimum atomic E-state index is -0.644. The Morgan fingerprint density at radius 3 is 2.41 bits per heavy atom. The maximum Gasteiger partial charge on any atom is 0.342 e. The molecular formula is C23H25NO5. The molecule has 2 aromatic carbocycles. The van der Waals surface area contributed by atoms with Gasteiger partial charge in [0.1, 0.15) is 5.56 Å². The number of para-hydroxylation sites is 2. The Morgan fingerprint density at radius 1 is 1.03 bits per heavy atom. The number of esters is 1. The van der Waals surface area contributed by atoms with Crippen LogP contribution >= 0.6 is 0 Å². The Bertz CT molecular complexity index is 977. The normalized spacial score (nSPS) is 15.8. The van der Waals surface area contributed by atoms with E-state index in [4.69, 9.17) is 14.2 Å². The van der Waals surface area contributed by atoms with Crippen molar-refractivity contribution in [2.45, 2.75) is 19.3 Å². The number of carbonyl (C=O) groups excluding carboxylic acids is 2. The van der Waals surface area contributed by atoms with E-state index in [1.165, 1.54) is 14.2 Å². The number of carbonyl (C=O) groups is 2. The number of hydrogen-bond donors (Lipinski definition) is 0. The minimum absolute atomic E-state index is 0.207. The summed E-state index contributed by atoms with van der Waals surface area (Å²) in [6.07, 6.45) is 1.55. The fraction of sp³-hybridized carbons (Fsp3) is 0.304. The summed E-state index contributed by atoms with van der Waals surface area (Å²) in [7, 11) is 4.86. The van der Waals surface area contributed by atoms with Crippen molar-refractivity contribution in [3.8, 4) is 11.5 Å². The van der Waals surface area contributed by atoms with Gasteiger partial charge in [0.15, 0.2) is 23.9 Å². The number of hydrogen-bond acceptors (Lipinski definition) is 6. The van der Waals surface area contributed by atoms with Crippen molar-refractivity contribution in [3.63, 3.8) is 0 Å². The number of anilines is 1. The molecule has 6 heteroatoms. The number of nitrogens with zero attached hydrogens (tertiary/aromatic N) is 1. The van der Waals surface area contributed by atoms with Crippen molar-refractivity contribution in [1.82, 2.24) is 0 Å². The predicted molar refractivity (Wildman–Crippen MR) is 111 cm³/mol. The fourth-order valence-electron chi connectivity index (χ4n) is 3.72. The van der Waals surface area contributed by atoms with E-state index in [0.29, 0.717) is 5.75 Å². The summed E-state index contributed by atoms with van der Waals surface area (Å²) in [4.78, 5) is 27.0. The molecule has 0 N–H and O–H groups in total. The molecule has 0 spiro atoms. The average Bonchev–Trinajstić information content (AvgIpc) is 2.92. The van der Waals surface area contributed by atoms with E-state index in [2.05, 4.69) is 19.9 Å². The van der Waals surface area contributed by atoms with Crippen LogP contribution in [0.3, 0.4) is 0 Å². The van der Waals surface area contributed by atoms with Crippen molar-refractivity contribution in [2.24, 2.45) is 0 Å².